The number of aromatic nitrogens is 3. The van der Waals surface area contributed by atoms with E-state index in [-0.39, 0.29) is 23.9 Å². The van der Waals surface area contributed by atoms with E-state index in [0.717, 1.165) is 44.4 Å². The van der Waals surface area contributed by atoms with Gasteiger partial charge in [0.15, 0.2) is 11.0 Å². The van der Waals surface area contributed by atoms with E-state index >= 15 is 0 Å². The first-order chi connectivity index (χ1) is 15.7. The number of halogens is 1. The summed E-state index contributed by atoms with van der Waals surface area (Å²) in [6, 6.07) is 10.6. The zero-order valence-electron chi connectivity index (χ0n) is 17.7. The molecule has 3 aromatic rings. The van der Waals surface area contributed by atoms with Gasteiger partial charge >= 0.3 is 0 Å². The van der Waals surface area contributed by atoms with Crippen LogP contribution >= 0.6 is 23.1 Å². The van der Waals surface area contributed by atoms with Gasteiger partial charge in [0.1, 0.15) is 5.82 Å². The monoisotopic (exact) mass is 472 g/mol. The largest absolute Gasteiger partial charge is 0.376 e. The Morgan fingerprint density at radius 3 is 2.81 bits per heavy atom. The molecule has 2 fully saturated rings. The highest BCUT2D eigenvalue weighted by atomic mass is 32.2. The van der Waals surface area contributed by atoms with Crippen LogP contribution in [-0.4, -0.2) is 50.6 Å². The molecule has 2 aliphatic heterocycles. The lowest BCUT2D eigenvalue weighted by atomic mass is 10.2. The predicted molar refractivity (Wildman–Crippen MR) is 123 cm³/mol. The van der Waals surface area contributed by atoms with E-state index < -0.39 is 0 Å². The van der Waals surface area contributed by atoms with Gasteiger partial charge in [0.2, 0.25) is 5.91 Å². The predicted octanol–water partition coefficient (Wildman–Crippen LogP) is 4.78. The van der Waals surface area contributed by atoms with Crippen LogP contribution in [0.25, 0.3) is 11.4 Å². The molecule has 2 aliphatic rings. The molecule has 2 atom stereocenters. The van der Waals surface area contributed by atoms with Crippen LogP contribution in [0.5, 0.6) is 0 Å². The second-order valence-electron chi connectivity index (χ2n) is 8.11. The molecule has 0 spiro atoms. The van der Waals surface area contributed by atoms with E-state index in [9.17, 15) is 9.18 Å². The minimum Gasteiger partial charge on any atom is -0.376 e. The number of hydrogen-bond donors (Lipinski definition) is 0. The lowest BCUT2D eigenvalue weighted by molar-refractivity contribution is -0.129. The van der Waals surface area contributed by atoms with Gasteiger partial charge in [-0.05, 0) is 61.4 Å². The summed E-state index contributed by atoms with van der Waals surface area (Å²) in [6.45, 7) is 2.18. The first-order valence-electron chi connectivity index (χ1n) is 11.0. The molecule has 0 N–H and O–H groups in total. The zero-order chi connectivity index (χ0) is 21.9. The third-order valence-electron chi connectivity index (χ3n) is 6.00. The van der Waals surface area contributed by atoms with Crippen molar-refractivity contribution in [3.8, 4) is 11.4 Å². The zero-order valence-corrected chi connectivity index (χ0v) is 19.3. The maximum absolute atomic E-state index is 13.4. The molecule has 0 radical (unpaired) electrons. The molecule has 1 amide bonds. The van der Waals surface area contributed by atoms with E-state index in [2.05, 4.69) is 21.6 Å². The number of nitrogens with zero attached hydrogens (tertiary/aromatic N) is 4. The molecule has 0 aliphatic carbocycles. The lowest BCUT2D eigenvalue weighted by Gasteiger charge is -2.23. The molecule has 2 aromatic heterocycles. The number of hydrogen-bond acceptors (Lipinski definition) is 6. The number of rotatable bonds is 7. The molecule has 4 heterocycles. The molecule has 168 valence electrons. The summed E-state index contributed by atoms with van der Waals surface area (Å²) >= 11 is 3.13. The van der Waals surface area contributed by atoms with Crippen LogP contribution in [-0.2, 0) is 16.1 Å². The molecule has 2 unspecified atom stereocenters. The Morgan fingerprint density at radius 1 is 1.19 bits per heavy atom. The molecule has 6 nitrogen and oxygen atoms in total. The van der Waals surface area contributed by atoms with Crippen LogP contribution in [0.2, 0.25) is 0 Å². The first kappa shape index (κ1) is 21.6. The Hall–Kier alpha value is -2.23. The number of amides is 1. The minimum atomic E-state index is -0.287. The minimum absolute atomic E-state index is 0.0991. The third kappa shape index (κ3) is 4.60. The average Bonchev–Trinajstić information content (AvgIpc) is 3.61. The number of ether oxygens (including phenoxy) is 1. The van der Waals surface area contributed by atoms with Crippen molar-refractivity contribution in [2.75, 3.05) is 18.9 Å². The van der Waals surface area contributed by atoms with E-state index in [1.54, 1.807) is 23.5 Å². The average molecular weight is 473 g/mol. The number of likely N-dealkylation sites (tertiary alicyclic amines) is 1. The third-order valence-corrected chi connectivity index (χ3v) is 7.92. The summed E-state index contributed by atoms with van der Waals surface area (Å²) < 4.78 is 21.3. The van der Waals surface area contributed by atoms with Gasteiger partial charge in [-0.25, -0.2) is 4.39 Å². The van der Waals surface area contributed by atoms with Crippen LogP contribution in [0.3, 0.4) is 0 Å². The molecule has 0 bridgehead atoms. The van der Waals surface area contributed by atoms with Gasteiger partial charge in [-0.2, -0.15) is 0 Å². The molecular weight excluding hydrogens is 447 g/mol. The van der Waals surface area contributed by atoms with Gasteiger partial charge in [0.25, 0.3) is 0 Å². The van der Waals surface area contributed by atoms with E-state index in [0.29, 0.717) is 23.3 Å². The molecule has 32 heavy (non-hydrogen) atoms. The smallest absolute Gasteiger partial charge is 0.233 e. The van der Waals surface area contributed by atoms with Crippen molar-refractivity contribution in [2.45, 2.75) is 49.5 Å². The van der Waals surface area contributed by atoms with Gasteiger partial charge in [0, 0.05) is 23.6 Å². The van der Waals surface area contributed by atoms with E-state index in [1.807, 2.05) is 15.5 Å². The Kier molecular flexibility index (Phi) is 6.56. The van der Waals surface area contributed by atoms with Crippen molar-refractivity contribution in [1.82, 2.24) is 19.7 Å². The van der Waals surface area contributed by atoms with Crippen LogP contribution in [0, 0.1) is 5.82 Å². The van der Waals surface area contributed by atoms with Crippen molar-refractivity contribution >= 4 is 29.0 Å². The number of benzene rings is 1. The Morgan fingerprint density at radius 2 is 2.06 bits per heavy atom. The SMILES string of the molecule is O=C(CSc1nnc(-c2ccc(F)cc2)n1CC1CCCO1)N1CCCC1c1cccs1. The standard InChI is InChI=1S/C23H25FN4O2S2/c24-17-9-7-16(8-10-17)22-25-26-23(28(22)14-18-4-2-12-30-18)32-15-21(29)27-11-1-5-19(27)20-6-3-13-31-20/h3,6-10,13,18-19H,1-2,4-5,11-12,14-15H2. The number of thiophene rings is 1. The topological polar surface area (TPSA) is 60.3 Å². The lowest BCUT2D eigenvalue weighted by Crippen LogP contribution is -2.31. The fourth-order valence-corrected chi connectivity index (χ4v) is 6.12. The van der Waals surface area contributed by atoms with Crippen molar-refractivity contribution in [3.05, 3.63) is 52.5 Å². The summed E-state index contributed by atoms with van der Waals surface area (Å²) in [5.41, 5.74) is 0.798. The molecule has 0 saturated carbocycles. The quantitative estimate of drug-likeness (QED) is 0.463. The van der Waals surface area contributed by atoms with Crippen LogP contribution in [0.1, 0.15) is 36.6 Å². The Balaban J connectivity index is 1.33. The molecule has 9 heteroatoms. The van der Waals surface area contributed by atoms with Crippen molar-refractivity contribution in [3.63, 3.8) is 0 Å². The molecule has 5 rings (SSSR count). The Labute approximate surface area is 194 Å². The second-order valence-corrected chi connectivity index (χ2v) is 10.0. The van der Waals surface area contributed by atoms with E-state index in [4.69, 9.17) is 4.74 Å². The highest BCUT2D eigenvalue weighted by molar-refractivity contribution is 7.99. The number of thioether (sulfide) groups is 1. The van der Waals surface area contributed by atoms with Gasteiger partial charge in [-0.15, -0.1) is 21.5 Å². The summed E-state index contributed by atoms with van der Waals surface area (Å²) in [5, 5.41) is 11.5. The van der Waals surface area contributed by atoms with Crippen molar-refractivity contribution in [1.29, 1.82) is 0 Å². The fraction of sp³-hybridized carbons (Fsp3) is 0.435. The number of carbonyl (C=O) groups excluding carboxylic acids is 1. The molecular formula is C23H25FN4O2S2. The second kappa shape index (κ2) is 9.72. The van der Waals surface area contributed by atoms with Crippen LogP contribution in [0.4, 0.5) is 4.39 Å². The van der Waals surface area contributed by atoms with Gasteiger partial charge < -0.3 is 9.64 Å². The summed E-state index contributed by atoms with van der Waals surface area (Å²) in [6.07, 6.45) is 4.17. The van der Waals surface area contributed by atoms with Gasteiger partial charge in [-0.3, -0.25) is 9.36 Å². The Bertz CT molecular complexity index is 1050. The van der Waals surface area contributed by atoms with Gasteiger partial charge in [-0.1, -0.05) is 17.8 Å². The fourth-order valence-electron chi connectivity index (χ4n) is 4.42. The first-order valence-corrected chi connectivity index (χ1v) is 12.8. The summed E-state index contributed by atoms with van der Waals surface area (Å²) in [4.78, 5) is 16.3. The van der Waals surface area contributed by atoms with E-state index in [1.165, 1.54) is 28.8 Å². The van der Waals surface area contributed by atoms with Crippen LogP contribution < -0.4 is 0 Å². The summed E-state index contributed by atoms with van der Waals surface area (Å²) in [7, 11) is 0. The highest BCUT2D eigenvalue weighted by Crippen LogP contribution is 2.35. The van der Waals surface area contributed by atoms with Crippen molar-refractivity contribution in [2.24, 2.45) is 0 Å². The van der Waals surface area contributed by atoms with Gasteiger partial charge in [0.05, 0.1) is 24.4 Å². The number of carbonyl (C=O) groups is 1. The maximum atomic E-state index is 13.4. The summed E-state index contributed by atoms with van der Waals surface area (Å²) in [5.74, 6) is 0.827. The normalized spacial score (nSPS) is 20.8. The maximum Gasteiger partial charge on any atom is 0.233 e. The molecule has 1 aromatic carbocycles. The van der Waals surface area contributed by atoms with Crippen molar-refractivity contribution < 1.29 is 13.9 Å². The van der Waals surface area contributed by atoms with Crippen LogP contribution in [0.15, 0.2) is 46.9 Å². The molecule has 2 saturated heterocycles. The highest BCUT2D eigenvalue weighted by Gasteiger charge is 2.31.